The van der Waals surface area contributed by atoms with Gasteiger partial charge in [-0.25, -0.2) is 5.26 Å². The minimum Gasteiger partial charge on any atom is -0.307 e. The van der Waals surface area contributed by atoms with E-state index < -0.39 is 7.60 Å². The molecule has 0 radical (unpaired) electrons. The van der Waals surface area contributed by atoms with E-state index in [0.717, 1.165) is 17.5 Å². The monoisotopic (exact) mass is 356 g/mol. The minimum atomic E-state index is -3.55. The molecular weight excluding hydrogens is 323 g/mol. The second kappa shape index (κ2) is 7.70. The summed E-state index contributed by atoms with van der Waals surface area (Å²) in [5.41, 5.74) is 4.45. The second-order valence-electron chi connectivity index (χ2n) is 8.28. The molecule has 0 spiro atoms. The van der Waals surface area contributed by atoms with Crippen molar-refractivity contribution in [2.24, 2.45) is 0 Å². The molecule has 0 fully saturated rings. The zero-order chi connectivity index (χ0) is 18.8. The maximum absolute atomic E-state index is 12.6. The maximum Gasteiger partial charge on any atom is 0.362 e. The molecule has 1 unspecified atom stereocenters. The summed E-state index contributed by atoms with van der Waals surface area (Å²) in [7, 11) is -3.55. The highest BCUT2D eigenvalue weighted by molar-refractivity contribution is 7.52. The van der Waals surface area contributed by atoms with E-state index in [4.69, 9.17) is 9.78 Å². The van der Waals surface area contributed by atoms with Crippen LogP contribution in [0.3, 0.4) is 0 Å². The third-order valence-corrected chi connectivity index (χ3v) is 5.81. The van der Waals surface area contributed by atoms with Gasteiger partial charge in [-0.3, -0.25) is 4.57 Å². The van der Waals surface area contributed by atoms with Gasteiger partial charge in [-0.1, -0.05) is 60.6 Å². The molecule has 0 aliphatic carbocycles. The van der Waals surface area contributed by atoms with Crippen molar-refractivity contribution in [1.29, 1.82) is 0 Å². The SMILES string of the molecule is CCOP(=O)(Cc1cc(C(C)(C)C)cc(C(C)(C)C)c1CC)OO. The summed E-state index contributed by atoms with van der Waals surface area (Å²) < 4.78 is 22.1. The first kappa shape index (κ1) is 21.4. The van der Waals surface area contributed by atoms with Gasteiger partial charge in [0.15, 0.2) is 0 Å². The van der Waals surface area contributed by atoms with Crippen LogP contribution in [-0.2, 0) is 37.2 Å². The number of hydrogen-bond acceptors (Lipinski definition) is 4. The van der Waals surface area contributed by atoms with Crippen LogP contribution in [0.1, 0.15) is 77.6 Å². The van der Waals surface area contributed by atoms with Gasteiger partial charge in [0.1, 0.15) is 0 Å². The van der Waals surface area contributed by atoms with E-state index in [1.54, 1.807) is 6.92 Å². The molecule has 1 atom stereocenters. The van der Waals surface area contributed by atoms with Crippen LogP contribution in [-0.4, -0.2) is 11.9 Å². The lowest BCUT2D eigenvalue weighted by Crippen LogP contribution is -2.20. The van der Waals surface area contributed by atoms with Crippen molar-refractivity contribution in [2.45, 2.75) is 78.8 Å². The largest absolute Gasteiger partial charge is 0.362 e. The fourth-order valence-corrected chi connectivity index (χ4v) is 4.19. The van der Waals surface area contributed by atoms with Gasteiger partial charge in [0.2, 0.25) is 0 Å². The molecule has 0 saturated carbocycles. The third kappa shape index (κ3) is 5.16. The number of hydrogen-bond donors (Lipinski definition) is 1. The van der Waals surface area contributed by atoms with Gasteiger partial charge in [0.05, 0.1) is 12.8 Å². The Labute approximate surface area is 147 Å². The molecule has 1 aromatic carbocycles. The highest BCUT2D eigenvalue weighted by Gasteiger charge is 2.30. The van der Waals surface area contributed by atoms with Crippen molar-refractivity contribution < 1.29 is 19.0 Å². The Morgan fingerprint density at radius 1 is 1.04 bits per heavy atom. The van der Waals surface area contributed by atoms with E-state index in [9.17, 15) is 4.57 Å². The molecule has 0 saturated heterocycles. The zero-order valence-corrected chi connectivity index (χ0v) is 17.3. The van der Waals surface area contributed by atoms with Crippen molar-refractivity contribution in [1.82, 2.24) is 0 Å². The Morgan fingerprint density at radius 3 is 2.00 bits per heavy atom. The normalized spacial score (nSPS) is 15.4. The summed E-state index contributed by atoms with van der Waals surface area (Å²) in [6.07, 6.45) is 0.900. The zero-order valence-electron chi connectivity index (χ0n) is 16.4. The highest BCUT2D eigenvalue weighted by Crippen LogP contribution is 2.51. The van der Waals surface area contributed by atoms with Crippen molar-refractivity contribution in [3.05, 3.63) is 34.4 Å². The van der Waals surface area contributed by atoms with Crippen molar-refractivity contribution in [3.63, 3.8) is 0 Å². The smallest absolute Gasteiger partial charge is 0.307 e. The van der Waals surface area contributed by atoms with Gasteiger partial charge in [0.25, 0.3) is 0 Å². The second-order valence-corrected chi connectivity index (χ2v) is 10.2. The highest BCUT2D eigenvalue weighted by atomic mass is 31.2. The van der Waals surface area contributed by atoms with Gasteiger partial charge in [-0.15, -0.1) is 0 Å². The molecule has 1 rings (SSSR count). The van der Waals surface area contributed by atoms with Gasteiger partial charge < -0.3 is 4.52 Å². The van der Waals surface area contributed by atoms with Crippen LogP contribution in [0.5, 0.6) is 0 Å². The van der Waals surface area contributed by atoms with E-state index in [2.05, 4.69) is 65.3 Å². The van der Waals surface area contributed by atoms with Crippen LogP contribution in [0.15, 0.2) is 12.1 Å². The fourth-order valence-electron chi connectivity index (χ4n) is 2.90. The molecular formula is C19H33O4P. The van der Waals surface area contributed by atoms with Crippen molar-refractivity contribution >= 4 is 7.60 Å². The van der Waals surface area contributed by atoms with Crippen molar-refractivity contribution in [3.8, 4) is 0 Å². The lowest BCUT2D eigenvalue weighted by atomic mass is 9.76. The predicted molar refractivity (Wildman–Crippen MR) is 99.9 cm³/mol. The fraction of sp³-hybridized carbons (Fsp3) is 0.684. The van der Waals surface area contributed by atoms with E-state index in [1.807, 2.05) is 0 Å². The average molecular weight is 356 g/mol. The lowest BCUT2D eigenvalue weighted by molar-refractivity contribution is -0.149. The van der Waals surface area contributed by atoms with Gasteiger partial charge in [-0.2, -0.15) is 4.67 Å². The molecule has 0 amide bonds. The standard InChI is InChI=1S/C19H33O4P/c1-9-16-14(13-24(21,23-20)22-10-2)11-15(18(3,4)5)12-17(16)19(6,7)8/h11-12,20H,9-10,13H2,1-8H3. The molecule has 24 heavy (non-hydrogen) atoms. The topological polar surface area (TPSA) is 55.8 Å². The summed E-state index contributed by atoms with van der Waals surface area (Å²) in [6.45, 7) is 17.1. The third-order valence-electron chi connectivity index (χ3n) is 4.18. The van der Waals surface area contributed by atoms with E-state index in [0.29, 0.717) is 0 Å². The van der Waals surface area contributed by atoms with Crippen LogP contribution >= 0.6 is 7.60 Å². The molecule has 4 nitrogen and oxygen atoms in total. The van der Waals surface area contributed by atoms with Crippen LogP contribution in [0.2, 0.25) is 0 Å². The first-order chi connectivity index (χ1) is 10.9. The molecule has 0 aliphatic heterocycles. The average Bonchev–Trinajstić information content (AvgIpc) is 2.44. The van der Waals surface area contributed by atoms with Gasteiger partial charge in [0, 0.05) is 0 Å². The lowest BCUT2D eigenvalue weighted by Gasteiger charge is -2.30. The Balaban J connectivity index is 3.60. The molecule has 0 aromatic heterocycles. The number of benzene rings is 1. The Bertz CT molecular complexity index is 609. The van der Waals surface area contributed by atoms with E-state index in [-0.39, 0.29) is 23.6 Å². The van der Waals surface area contributed by atoms with Crippen LogP contribution < -0.4 is 0 Å². The van der Waals surface area contributed by atoms with Gasteiger partial charge in [-0.05, 0) is 46.4 Å². The van der Waals surface area contributed by atoms with Crippen LogP contribution in [0, 0.1) is 0 Å². The molecule has 0 heterocycles. The van der Waals surface area contributed by atoms with E-state index in [1.165, 1.54) is 11.1 Å². The molecule has 0 aliphatic rings. The predicted octanol–water partition coefficient (Wildman–Crippen LogP) is 6.06. The molecule has 138 valence electrons. The summed E-state index contributed by atoms with van der Waals surface area (Å²) in [4.78, 5) is 0. The quantitative estimate of drug-likeness (QED) is 0.382. The number of rotatable bonds is 6. The Morgan fingerprint density at radius 2 is 1.62 bits per heavy atom. The Kier molecular flexibility index (Phi) is 6.85. The summed E-state index contributed by atoms with van der Waals surface area (Å²) in [6, 6.07) is 4.34. The van der Waals surface area contributed by atoms with E-state index >= 15 is 0 Å². The Hall–Kier alpha value is -0.670. The van der Waals surface area contributed by atoms with Crippen molar-refractivity contribution in [2.75, 3.05) is 6.61 Å². The maximum atomic E-state index is 12.6. The first-order valence-corrected chi connectivity index (χ1v) is 10.3. The van der Waals surface area contributed by atoms with Gasteiger partial charge >= 0.3 is 7.60 Å². The van der Waals surface area contributed by atoms with Crippen LogP contribution in [0.25, 0.3) is 0 Å². The summed E-state index contributed by atoms with van der Waals surface area (Å²) in [5, 5.41) is 9.11. The summed E-state index contributed by atoms with van der Waals surface area (Å²) in [5.74, 6) is 0. The minimum absolute atomic E-state index is 0.0307. The molecule has 5 heteroatoms. The molecule has 1 N–H and O–H groups in total. The molecule has 0 bridgehead atoms. The first-order valence-electron chi connectivity index (χ1n) is 8.61. The van der Waals surface area contributed by atoms with Crippen LogP contribution in [0.4, 0.5) is 0 Å². The molecule has 1 aromatic rings. The summed E-state index contributed by atoms with van der Waals surface area (Å²) >= 11 is 0.